The third-order valence-corrected chi connectivity index (χ3v) is 9.73. The number of benzene rings is 2. The van der Waals surface area contributed by atoms with E-state index >= 15 is 0 Å². The monoisotopic (exact) mass is 642 g/mol. The van der Waals surface area contributed by atoms with Crippen LogP contribution in [0.3, 0.4) is 0 Å². The highest BCUT2D eigenvalue weighted by atomic mass is 35.5. The minimum Gasteiger partial charge on any atom is -0.479 e. The molecule has 2 aliphatic heterocycles. The zero-order chi connectivity index (χ0) is 30.1. The van der Waals surface area contributed by atoms with Crippen LogP contribution in [0.4, 0.5) is 5.69 Å². The lowest BCUT2D eigenvalue weighted by atomic mass is 10.0. The van der Waals surface area contributed by atoms with E-state index in [0.717, 1.165) is 35.9 Å². The maximum absolute atomic E-state index is 14.2. The van der Waals surface area contributed by atoms with Gasteiger partial charge in [-0.15, -0.1) is 0 Å². The summed E-state index contributed by atoms with van der Waals surface area (Å²) in [6, 6.07) is 11.2. The van der Waals surface area contributed by atoms with E-state index in [1.807, 2.05) is 36.4 Å². The van der Waals surface area contributed by atoms with Crippen molar-refractivity contribution in [2.24, 2.45) is 5.92 Å². The van der Waals surface area contributed by atoms with Crippen molar-refractivity contribution < 1.29 is 24.2 Å². The summed E-state index contributed by atoms with van der Waals surface area (Å²) in [5, 5.41) is 17.5. The van der Waals surface area contributed by atoms with Crippen LogP contribution in [0, 0.1) is 5.92 Å². The fourth-order valence-corrected chi connectivity index (χ4v) is 7.44. The van der Waals surface area contributed by atoms with Crippen LogP contribution in [0.2, 0.25) is 10.0 Å². The van der Waals surface area contributed by atoms with Gasteiger partial charge in [-0.05, 0) is 56.0 Å². The Kier molecular flexibility index (Phi) is 8.53. The molecule has 5 atom stereocenters. The van der Waals surface area contributed by atoms with Crippen LogP contribution in [0.15, 0.2) is 54.6 Å². The average Bonchev–Trinajstić information content (AvgIpc) is 3.28. The first-order valence-electron chi connectivity index (χ1n) is 14.5. The summed E-state index contributed by atoms with van der Waals surface area (Å²) in [5.74, 6) is -2.13. The Morgan fingerprint density at radius 1 is 1.14 bits per heavy atom. The molecule has 6 rings (SSSR count). The minimum atomic E-state index is -1.37. The summed E-state index contributed by atoms with van der Waals surface area (Å²) in [6.45, 7) is 0.157. The molecule has 0 spiro atoms. The molecule has 43 heavy (non-hydrogen) atoms. The molecule has 2 amide bonds. The Labute approximate surface area is 263 Å². The highest BCUT2D eigenvalue weighted by molar-refractivity contribution is 7.20. The number of rotatable bonds is 5. The number of carboxylic acid groups (broad SMARTS) is 1. The van der Waals surface area contributed by atoms with E-state index in [1.54, 1.807) is 18.2 Å². The van der Waals surface area contributed by atoms with Crippen molar-refractivity contribution in [2.45, 2.75) is 68.7 Å². The van der Waals surface area contributed by atoms with Gasteiger partial charge in [-0.1, -0.05) is 71.7 Å². The second-order valence-corrected chi connectivity index (χ2v) is 13.3. The summed E-state index contributed by atoms with van der Waals surface area (Å²) in [5.41, 5.74) is 0.0403. The quantitative estimate of drug-likeness (QED) is 0.296. The molecule has 1 saturated carbocycles. The van der Waals surface area contributed by atoms with Gasteiger partial charge in [-0.25, -0.2) is 9.78 Å². The Balaban J connectivity index is 1.30. The number of para-hydroxylation sites is 1. The number of thiazole rings is 1. The maximum Gasteiger partial charge on any atom is 0.330 e. The highest BCUT2D eigenvalue weighted by Gasteiger charge is 2.61. The van der Waals surface area contributed by atoms with Crippen molar-refractivity contribution in [2.75, 3.05) is 11.9 Å². The molecule has 0 radical (unpaired) electrons. The standard InChI is InChI=1S/C31H32Cl2N4O5S/c32-19-12-20(33)14-21(13-19)34-24-10-5-3-1-2-4-8-18-16-31(18,29(40)41)36-27(38)25-15-22(17-37(25)28(24)39)42-30-35-23-9-6-7-11-26(23)43-30/h4,6-9,11-14,18,22,24-25,34H,1-3,5,10,15-17H2,(H,36,38)(H,40,41)/b8-4-/t18-,22+,24-,25-,31+/m0/s1. The number of amides is 2. The lowest BCUT2D eigenvalue weighted by Crippen LogP contribution is -2.55. The minimum absolute atomic E-state index is 0.157. The number of allylic oxidation sites excluding steroid dienone is 1. The number of aliphatic carboxylic acids is 1. The predicted molar refractivity (Wildman–Crippen MR) is 167 cm³/mol. The van der Waals surface area contributed by atoms with E-state index < -0.39 is 35.6 Å². The second-order valence-electron chi connectivity index (χ2n) is 11.4. The molecule has 12 heteroatoms. The largest absolute Gasteiger partial charge is 0.479 e. The molecule has 1 aliphatic carbocycles. The van der Waals surface area contributed by atoms with Crippen LogP contribution in [0.5, 0.6) is 5.19 Å². The van der Waals surface area contributed by atoms with Gasteiger partial charge < -0.3 is 25.4 Å². The van der Waals surface area contributed by atoms with Gasteiger partial charge in [0, 0.05) is 28.1 Å². The Morgan fingerprint density at radius 3 is 2.70 bits per heavy atom. The molecular formula is C31H32Cl2N4O5S. The van der Waals surface area contributed by atoms with Crippen molar-refractivity contribution in [1.82, 2.24) is 15.2 Å². The number of carboxylic acids is 1. The average molecular weight is 644 g/mol. The first kappa shape index (κ1) is 29.7. The van der Waals surface area contributed by atoms with Gasteiger partial charge in [0.05, 0.1) is 16.8 Å². The number of ether oxygens (including phenoxy) is 1. The van der Waals surface area contributed by atoms with Gasteiger partial charge in [0.15, 0.2) is 0 Å². The van der Waals surface area contributed by atoms with Crippen molar-refractivity contribution in [3.8, 4) is 5.19 Å². The zero-order valence-electron chi connectivity index (χ0n) is 23.3. The van der Waals surface area contributed by atoms with Gasteiger partial charge >= 0.3 is 5.97 Å². The van der Waals surface area contributed by atoms with Crippen molar-refractivity contribution in [3.05, 3.63) is 64.7 Å². The third kappa shape index (κ3) is 6.46. The summed E-state index contributed by atoms with van der Waals surface area (Å²) >= 11 is 13.9. The number of hydrogen-bond donors (Lipinski definition) is 3. The molecular weight excluding hydrogens is 611 g/mol. The molecule has 2 fully saturated rings. The van der Waals surface area contributed by atoms with Crippen LogP contribution in [0.25, 0.3) is 10.2 Å². The van der Waals surface area contributed by atoms with Gasteiger partial charge in [0.1, 0.15) is 23.7 Å². The molecule has 1 aromatic heterocycles. The molecule has 9 nitrogen and oxygen atoms in total. The normalized spacial score (nSPS) is 28.7. The van der Waals surface area contributed by atoms with Crippen molar-refractivity contribution >= 4 is 68.2 Å². The van der Waals surface area contributed by atoms with E-state index in [-0.39, 0.29) is 24.8 Å². The molecule has 0 unspecified atom stereocenters. The van der Waals surface area contributed by atoms with E-state index in [4.69, 9.17) is 27.9 Å². The summed E-state index contributed by atoms with van der Waals surface area (Å²) in [7, 11) is 0. The third-order valence-electron chi connectivity index (χ3n) is 8.37. The van der Waals surface area contributed by atoms with E-state index in [0.29, 0.717) is 33.8 Å². The van der Waals surface area contributed by atoms with Gasteiger partial charge in [0.25, 0.3) is 5.19 Å². The van der Waals surface area contributed by atoms with Crippen LogP contribution < -0.4 is 15.4 Å². The van der Waals surface area contributed by atoms with Gasteiger partial charge in [-0.2, -0.15) is 0 Å². The van der Waals surface area contributed by atoms with E-state index in [2.05, 4.69) is 15.6 Å². The van der Waals surface area contributed by atoms with E-state index in [9.17, 15) is 19.5 Å². The number of carbonyl (C=O) groups excluding carboxylic acids is 2. The molecule has 0 bridgehead atoms. The Hall–Kier alpha value is -3.34. The number of aromatic nitrogens is 1. The topological polar surface area (TPSA) is 121 Å². The fraction of sp³-hybridized carbons (Fsp3) is 0.419. The van der Waals surface area contributed by atoms with Gasteiger partial charge in [-0.3, -0.25) is 9.59 Å². The Morgan fingerprint density at radius 2 is 1.93 bits per heavy atom. The van der Waals surface area contributed by atoms with Crippen LogP contribution >= 0.6 is 34.5 Å². The van der Waals surface area contributed by atoms with Crippen LogP contribution in [-0.2, 0) is 14.4 Å². The zero-order valence-corrected chi connectivity index (χ0v) is 25.6. The molecule has 226 valence electrons. The molecule has 3 aliphatic rings. The summed E-state index contributed by atoms with van der Waals surface area (Å²) in [4.78, 5) is 46.5. The van der Waals surface area contributed by atoms with Crippen molar-refractivity contribution in [1.29, 1.82) is 0 Å². The number of carbonyl (C=O) groups is 3. The van der Waals surface area contributed by atoms with E-state index in [1.165, 1.54) is 16.2 Å². The predicted octanol–water partition coefficient (Wildman–Crippen LogP) is 5.91. The maximum atomic E-state index is 14.2. The molecule has 2 aromatic carbocycles. The SMILES string of the molecule is O=C1N[C@]2(C(=O)O)C[C@@H]2/C=C\CCCCC[C@H](Nc2cc(Cl)cc(Cl)c2)C(=O)N2C[C@H](Oc3nc4ccccc4s3)C[C@@H]12. The fourth-order valence-electron chi connectivity index (χ4n) is 6.03. The number of fused-ring (bicyclic) bond motifs is 3. The Bertz CT molecular complexity index is 1530. The number of nitrogens with zero attached hydrogens (tertiary/aromatic N) is 2. The number of anilines is 1. The highest BCUT2D eigenvalue weighted by Crippen LogP contribution is 2.45. The summed E-state index contributed by atoms with van der Waals surface area (Å²) in [6.07, 6.45) is 7.83. The number of nitrogens with one attached hydrogen (secondary N) is 2. The second kappa shape index (κ2) is 12.3. The smallest absolute Gasteiger partial charge is 0.330 e. The molecule has 3 N–H and O–H groups in total. The van der Waals surface area contributed by atoms with Crippen molar-refractivity contribution in [3.63, 3.8) is 0 Å². The first-order chi connectivity index (χ1) is 20.7. The molecule has 1 saturated heterocycles. The summed E-state index contributed by atoms with van der Waals surface area (Å²) < 4.78 is 7.22. The number of halogens is 2. The lowest BCUT2D eigenvalue weighted by molar-refractivity contribution is -0.145. The van der Waals surface area contributed by atoms with Gasteiger partial charge in [0.2, 0.25) is 11.8 Å². The van der Waals surface area contributed by atoms with Crippen LogP contribution in [0.1, 0.15) is 44.9 Å². The van der Waals surface area contributed by atoms with Crippen LogP contribution in [-0.4, -0.2) is 63.0 Å². The first-order valence-corrected chi connectivity index (χ1v) is 16.1. The molecule has 3 heterocycles. The number of hydrogen-bond acceptors (Lipinski definition) is 7. The molecule has 3 aromatic rings. The lowest BCUT2D eigenvalue weighted by Gasteiger charge is -2.30.